The Morgan fingerprint density at radius 2 is 2.25 bits per heavy atom. The van der Waals surface area contributed by atoms with Gasteiger partial charge in [0.05, 0.1) is 6.54 Å². The highest BCUT2D eigenvalue weighted by molar-refractivity contribution is 5.82. The van der Waals surface area contributed by atoms with Crippen LogP contribution in [0, 0.1) is 5.41 Å². The first-order valence-electron chi connectivity index (χ1n) is 5.83. The maximum Gasteiger partial charge on any atom is 0.226 e. The summed E-state index contributed by atoms with van der Waals surface area (Å²) in [4.78, 5) is 16.0. The SMILES string of the molecule is CC1(C(=O)NCc2ncn[nH]2)CCCCC1. The maximum absolute atomic E-state index is 12.0. The standard InChI is InChI=1S/C11H18N4O/c1-11(5-3-2-4-6-11)10(16)12-7-9-13-8-14-15-9/h8H,2-7H2,1H3,(H,12,16)(H,13,14,15). The van der Waals surface area contributed by atoms with Gasteiger partial charge in [0.1, 0.15) is 12.2 Å². The topological polar surface area (TPSA) is 70.7 Å². The molecule has 0 bridgehead atoms. The molecule has 1 aromatic rings. The van der Waals surface area contributed by atoms with Gasteiger partial charge in [0.15, 0.2) is 0 Å². The van der Waals surface area contributed by atoms with Crippen molar-refractivity contribution in [3.05, 3.63) is 12.2 Å². The molecule has 0 unspecified atom stereocenters. The average molecular weight is 222 g/mol. The number of nitrogens with one attached hydrogen (secondary N) is 2. The van der Waals surface area contributed by atoms with Gasteiger partial charge in [-0.3, -0.25) is 9.89 Å². The van der Waals surface area contributed by atoms with E-state index in [0.717, 1.165) is 25.7 Å². The van der Waals surface area contributed by atoms with Crippen molar-refractivity contribution >= 4 is 5.91 Å². The Hall–Kier alpha value is -1.39. The molecular weight excluding hydrogens is 204 g/mol. The Balaban J connectivity index is 1.87. The fourth-order valence-corrected chi connectivity index (χ4v) is 2.25. The summed E-state index contributed by atoms with van der Waals surface area (Å²) in [6, 6.07) is 0. The molecule has 1 aliphatic rings. The zero-order valence-electron chi connectivity index (χ0n) is 9.62. The number of hydrogen-bond acceptors (Lipinski definition) is 3. The number of amides is 1. The van der Waals surface area contributed by atoms with Crippen LogP contribution >= 0.6 is 0 Å². The summed E-state index contributed by atoms with van der Waals surface area (Å²) >= 11 is 0. The minimum atomic E-state index is -0.182. The van der Waals surface area contributed by atoms with Gasteiger partial charge < -0.3 is 5.32 Å². The summed E-state index contributed by atoms with van der Waals surface area (Å²) in [5, 5.41) is 9.40. The smallest absolute Gasteiger partial charge is 0.226 e. The van der Waals surface area contributed by atoms with E-state index >= 15 is 0 Å². The third-order valence-electron chi connectivity index (χ3n) is 3.39. The van der Waals surface area contributed by atoms with Crippen LogP contribution in [-0.4, -0.2) is 21.1 Å². The van der Waals surface area contributed by atoms with Crippen LogP contribution in [0.2, 0.25) is 0 Å². The lowest BCUT2D eigenvalue weighted by molar-refractivity contribution is -0.132. The molecule has 0 aliphatic heterocycles. The Kier molecular flexibility index (Phi) is 3.22. The Morgan fingerprint density at radius 3 is 2.88 bits per heavy atom. The van der Waals surface area contributed by atoms with Crippen LogP contribution in [0.15, 0.2) is 6.33 Å². The third kappa shape index (κ3) is 2.40. The average Bonchev–Trinajstić information content (AvgIpc) is 2.79. The van der Waals surface area contributed by atoms with E-state index in [1.165, 1.54) is 12.7 Å². The lowest BCUT2D eigenvalue weighted by Crippen LogP contribution is -2.40. The van der Waals surface area contributed by atoms with Gasteiger partial charge in [-0.1, -0.05) is 26.2 Å². The lowest BCUT2D eigenvalue weighted by atomic mass is 9.75. The van der Waals surface area contributed by atoms with Gasteiger partial charge in [-0.05, 0) is 12.8 Å². The van der Waals surface area contributed by atoms with Gasteiger partial charge >= 0.3 is 0 Å². The van der Waals surface area contributed by atoms with E-state index in [1.54, 1.807) is 0 Å². The van der Waals surface area contributed by atoms with E-state index in [2.05, 4.69) is 27.4 Å². The van der Waals surface area contributed by atoms with Crippen LogP contribution in [0.3, 0.4) is 0 Å². The molecule has 0 radical (unpaired) electrons. The van der Waals surface area contributed by atoms with Crippen LogP contribution in [0.5, 0.6) is 0 Å². The summed E-state index contributed by atoms with van der Waals surface area (Å²) in [5.41, 5.74) is -0.182. The number of carbonyl (C=O) groups excluding carboxylic acids is 1. The Labute approximate surface area is 95.0 Å². The molecule has 2 rings (SSSR count). The van der Waals surface area contributed by atoms with Crippen molar-refractivity contribution in [1.29, 1.82) is 0 Å². The minimum absolute atomic E-state index is 0.142. The van der Waals surface area contributed by atoms with E-state index < -0.39 is 0 Å². The second-order valence-corrected chi connectivity index (χ2v) is 4.74. The molecule has 0 aromatic carbocycles. The second-order valence-electron chi connectivity index (χ2n) is 4.74. The van der Waals surface area contributed by atoms with Crippen LogP contribution in [0.1, 0.15) is 44.9 Å². The zero-order chi connectivity index (χ0) is 11.4. The molecule has 1 saturated carbocycles. The molecule has 0 atom stereocenters. The molecule has 2 N–H and O–H groups in total. The molecule has 0 saturated heterocycles. The third-order valence-corrected chi connectivity index (χ3v) is 3.39. The van der Waals surface area contributed by atoms with Crippen molar-refractivity contribution in [1.82, 2.24) is 20.5 Å². The summed E-state index contributed by atoms with van der Waals surface area (Å²) in [6.45, 7) is 2.50. The molecule has 5 nitrogen and oxygen atoms in total. The molecule has 1 amide bonds. The minimum Gasteiger partial charge on any atom is -0.348 e. The van der Waals surface area contributed by atoms with Crippen molar-refractivity contribution < 1.29 is 4.79 Å². The van der Waals surface area contributed by atoms with Gasteiger partial charge in [0, 0.05) is 5.41 Å². The summed E-state index contributed by atoms with van der Waals surface area (Å²) in [5.74, 6) is 0.844. The molecule has 1 fully saturated rings. The quantitative estimate of drug-likeness (QED) is 0.812. The summed E-state index contributed by atoms with van der Waals surface area (Å²) in [7, 11) is 0. The van der Waals surface area contributed by atoms with Crippen molar-refractivity contribution in [3.63, 3.8) is 0 Å². The number of aromatic nitrogens is 3. The van der Waals surface area contributed by atoms with Crippen molar-refractivity contribution in [2.24, 2.45) is 5.41 Å². The van der Waals surface area contributed by atoms with E-state index in [1.807, 2.05) is 0 Å². The predicted molar refractivity (Wildman–Crippen MR) is 59.4 cm³/mol. The van der Waals surface area contributed by atoms with E-state index in [4.69, 9.17) is 0 Å². The maximum atomic E-state index is 12.0. The number of nitrogens with zero attached hydrogens (tertiary/aromatic N) is 2. The number of aromatic amines is 1. The van der Waals surface area contributed by atoms with Crippen molar-refractivity contribution in [2.75, 3.05) is 0 Å². The van der Waals surface area contributed by atoms with Crippen LogP contribution in [0.4, 0.5) is 0 Å². The highest BCUT2D eigenvalue weighted by Crippen LogP contribution is 2.35. The Bertz CT molecular complexity index is 341. The molecule has 16 heavy (non-hydrogen) atoms. The monoisotopic (exact) mass is 222 g/mol. The van der Waals surface area contributed by atoms with Gasteiger partial charge in [-0.25, -0.2) is 4.98 Å². The largest absolute Gasteiger partial charge is 0.348 e. The highest BCUT2D eigenvalue weighted by atomic mass is 16.2. The van der Waals surface area contributed by atoms with Crippen LogP contribution in [-0.2, 0) is 11.3 Å². The molecule has 1 aromatic heterocycles. The number of carbonyl (C=O) groups is 1. The fourth-order valence-electron chi connectivity index (χ4n) is 2.25. The first-order valence-corrected chi connectivity index (χ1v) is 5.83. The lowest BCUT2D eigenvalue weighted by Gasteiger charge is -2.31. The van der Waals surface area contributed by atoms with Crippen molar-refractivity contribution in [3.8, 4) is 0 Å². The molecule has 88 valence electrons. The predicted octanol–water partition coefficient (Wildman–Crippen LogP) is 1.39. The zero-order valence-corrected chi connectivity index (χ0v) is 9.62. The molecule has 5 heteroatoms. The first kappa shape index (κ1) is 11.1. The highest BCUT2D eigenvalue weighted by Gasteiger charge is 2.34. The van der Waals surface area contributed by atoms with Gasteiger partial charge in [0.25, 0.3) is 0 Å². The fraction of sp³-hybridized carbons (Fsp3) is 0.727. The number of hydrogen-bond donors (Lipinski definition) is 2. The molecule has 1 heterocycles. The van der Waals surface area contributed by atoms with E-state index in [9.17, 15) is 4.79 Å². The first-order chi connectivity index (χ1) is 7.71. The number of rotatable bonds is 3. The van der Waals surface area contributed by atoms with Gasteiger partial charge in [-0.15, -0.1) is 0 Å². The molecule has 0 spiro atoms. The van der Waals surface area contributed by atoms with Crippen molar-refractivity contribution in [2.45, 2.75) is 45.6 Å². The normalized spacial score (nSPS) is 19.3. The van der Waals surface area contributed by atoms with Gasteiger partial charge in [-0.2, -0.15) is 5.10 Å². The van der Waals surface area contributed by atoms with Crippen LogP contribution in [0.25, 0.3) is 0 Å². The summed E-state index contributed by atoms with van der Waals surface area (Å²) < 4.78 is 0. The number of H-pyrrole nitrogens is 1. The summed E-state index contributed by atoms with van der Waals surface area (Å²) in [6.07, 6.45) is 7.01. The molecular formula is C11H18N4O. The van der Waals surface area contributed by atoms with Crippen LogP contribution < -0.4 is 5.32 Å². The second kappa shape index (κ2) is 4.63. The van der Waals surface area contributed by atoms with E-state index in [0.29, 0.717) is 12.4 Å². The Morgan fingerprint density at radius 1 is 1.50 bits per heavy atom. The van der Waals surface area contributed by atoms with E-state index in [-0.39, 0.29) is 11.3 Å². The molecule has 1 aliphatic carbocycles. The van der Waals surface area contributed by atoms with Gasteiger partial charge in [0.2, 0.25) is 5.91 Å².